The topological polar surface area (TPSA) is 42.2 Å². The molecular formula is C11H17NO2. The third-order valence-corrected chi connectivity index (χ3v) is 2.24. The predicted molar refractivity (Wildman–Crippen MR) is 55.2 cm³/mol. The molecule has 0 amide bonds. The molecule has 1 atom stereocenters. The lowest BCUT2D eigenvalue weighted by atomic mass is 10.1. The van der Waals surface area contributed by atoms with Gasteiger partial charge in [-0.25, -0.2) is 0 Å². The van der Waals surface area contributed by atoms with E-state index >= 15 is 0 Å². The molecule has 0 saturated carbocycles. The Morgan fingerprint density at radius 3 is 2.71 bits per heavy atom. The van der Waals surface area contributed by atoms with Crippen LogP contribution < -0.4 is 5.32 Å². The van der Waals surface area contributed by atoms with Gasteiger partial charge in [0.2, 0.25) is 0 Å². The highest BCUT2D eigenvalue weighted by Crippen LogP contribution is 2.20. The Labute approximate surface area is 84.5 Å². The quantitative estimate of drug-likeness (QED) is 0.783. The van der Waals surface area contributed by atoms with Gasteiger partial charge in [0.25, 0.3) is 0 Å². The molecule has 0 aliphatic carbocycles. The first kappa shape index (κ1) is 11.0. The van der Waals surface area contributed by atoms with E-state index in [9.17, 15) is 4.79 Å². The van der Waals surface area contributed by atoms with Crippen molar-refractivity contribution in [2.24, 2.45) is 0 Å². The number of nitrogens with one attached hydrogen (secondary N) is 1. The molecule has 1 N–H and O–H groups in total. The zero-order valence-electron chi connectivity index (χ0n) is 8.96. The van der Waals surface area contributed by atoms with Crippen LogP contribution in [0.1, 0.15) is 37.3 Å². The van der Waals surface area contributed by atoms with Crippen molar-refractivity contribution < 1.29 is 9.21 Å². The van der Waals surface area contributed by atoms with E-state index in [0.717, 1.165) is 17.9 Å². The molecule has 1 aromatic heterocycles. The van der Waals surface area contributed by atoms with Crippen molar-refractivity contribution in [1.29, 1.82) is 0 Å². The maximum Gasteiger partial charge on any atom is 0.129 e. The number of aryl methyl sites for hydroxylation is 1. The van der Waals surface area contributed by atoms with Gasteiger partial charge in [0.15, 0.2) is 0 Å². The van der Waals surface area contributed by atoms with Crippen LogP contribution in [-0.4, -0.2) is 12.8 Å². The monoisotopic (exact) mass is 195 g/mol. The normalized spacial score (nSPS) is 12.8. The number of furan rings is 1. The van der Waals surface area contributed by atoms with Gasteiger partial charge in [0.05, 0.1) is 6.04 Å². The zero-order valence-corrected chi connectivity index (χ0v) is 8.96. The number of carbonyl (C=O) groups is 1. The average Bonchev–Trinajstić information content (AvgIpc) is 2.53. The van der Waals surface area contributed by atoms with Crippen molar-refractivity contribution in [2.75, 3.05) is 7.05 Å². The van der Waals surface area contributed by atoms with Crippen LogP contribution in [0.25, 0.3) is 0 Å². The maximum absolute atomic E-state index is 10.8. The Bertz CT molecular complexity index is 304. The minimum Gasteiger partial charge on any atom is -0.465 e. The summed E-state index contributed by atoms with van der Waals surface area (Å²) in [6.07, 6.45) is 1.38. The third-order valence-electron chi connectivity index (χ3n) is 2.24. The van der Waals surface area contributed by atoms with Crippen LogP contribution in [-0.2, 0) is 4.79 Å². The van der Waals surface area contributed by atoms with Crippen LogP contribution in [0.3, 0.4) is 0 Å². The van der Waals surface area contributed by atoms with Gasteiger partial charge < -0.3 is 14.5 Å². The smallest absolute Gasteiger partial charge is 0.129 e. The van der Waals surface area contributed by atoms with Crippen molar-refractivity contribution in [3.63, 3.8) is 0 Å². The highest BCUT2D eigenvalue weighted by molar-refractivity contribution is 5.75. The molecule has 1 unspecified atom stereocenters. The SMILES string of the molecule is CNC(CCC(C)=O)c1ccc(C)o1. The Balaban J connectivity index is 2.58. The Morgan fingerprint density at radius 1 is 1.57 bits per heavy atom. The van der Waals surface area contributed by atoms with E-state index in [4.69, 9.17) is 4.42 Å². The van der Waals surface area contributed by atoms with E-state index in [1.54, 1.807) is 6.92 Å². The molecule has 0 bridgehead atoms. The van der Waals surface area contributed by atoms with E-state index in [1.807, 2.05) is 26.1 Å². The molecule has 3 heteroatoms. The fourth-order valence-corrected chi connectivity index (χ4v) is 1.42. The lowest BCUT2D eigenvalue weighted by Gasteiger charge is -2.12. The second kappa shape index (κ2) is 4.96. The molecule has 1 rings (SSSR count). The van der Waals surface area contributed by atoms with Crippen LogP contribution in [0.5, 0.6) is 0 Å². The van der Waals surface area contributed by atoms with E-state index in [2.05, 4.69) is 5.32 Å². The minimum absolute atomic E-state index is 0.146. The Kier molecular flexibility index (Phi) is 3.89. The van der Waals surface area contributed by atoms with Gasteiger partial charge in [-0.2, -0.15) is 0 Å². The van der Waals surface area contributed by atoms with E-state index in [0.29, 0.717) is 6.42 Å². The first-order valence-electron chi connectivity index (χ1n) is 4.86. The van der Waals surface area contributed by atoms with Gasteiger partial charge in [-0.3, -0.25) is 0 Å². The van der Waals surface area contributed by atoms with Crippen LogP contribution >= 0.6 is 0 Å². The van der Waals surface area contributed by atoms with Gasteiger partial charge in [-0.1, -0.05) is 0 Å². The van der Waals surface area contributed by atoms with Crippen LogP contribution in [0.2, 0.25) is 0 Å². The Morgan fingerprint density at radius 2 is 2.29 bits per heavy atom. The first-order chi connectivity index (χ1) is 6.63. The molecule has 14 heavy (non-hydrogen) atoms. The maximum atomic E-state index is 10.8. The predicted octanol–water partition coefficient (Wildman–Crippen LogP) is 2.22. The molecular weight excluding hydrogens is 178 g/mol. The fraction of sp³-hybridized carbons (Fsp3) is 0.545. The lowest BCUT2D eigenvalue weighted by Crippen LogP contribution is -2.16. The number of ketones is 1. The molecule has 3 nitrogen and oxygen atoms in total. The summed E-state index contributed by atoms with van der Waals surface area (Å²) >= 11 is 0. The second-order valence-electron chi connectivity index (χ2n) is 3.53. The molecule has 0 radical (unpaired) electrons. The number of carbonyl (C=O) groups excluding carboxylic acids is 1. The number of Topliss-reactive ketones (excluding diaryl/α,β-unsaturated/α-hetero) is 1. The first-order valence-corrected chi connectivity index (χ1v) is 4.86. The summed E-state index contributed by atoms with van der Waals surface area (Å²) in [5.41, 5.74) is 0. The average molecular weight is 195 g/mol. The summed E-state index contributed by atoms with van der Waals surface area (Å²) in [5, 5.41) is 3.14. The van der Waals surface area contributed by atoms with Crippen LogP contribution in [0.4, 0.5) is 0 Å². The Hall–Kier alpha value is -1.09. The van der Waals surface area contributed by atoms with E-state index in [-0.39, 0.29) is 11.8 Å². The number of hydrogen-bond acceptors (Lipinski definition) is 3. The fourth-order valence-electron chi connectivity index (χ4n) is 1.42. The summed E-state index contributed by atoms with van der Waals surface area (Å²) < 4.78 is 5.50. The molecule has 0 saturated heterocycles. The highest BCUT2D eigenvalue weighted by atomic mass is 16.3. The van der Waals surface area contributed by atoms with Crippen molar-refractivity contribution in [3.05, 3.63) is 23.7 Å². The second-order valence-corrected chi connectivity index (χ2v) is 3.53. The molecule has 0 aromatic carbocycles. The summed E-state index contributed by atoms with van der Waals surface area (Å²) in [4.78, 5) is 10.8. The van der Waals surface area contributed by atoms with Crippen molar-refractivity contribution in [3.8, 4) is 0 Å². The van der Waals surface area contributed by atoms with Crippen molar-refractivity contribution in [1.82, 2.24) is 5.32 Å². The van der Waals surface area contributed by atoms with E-state index in [1.165, 1.54) is 0 Å². The molecule has 0 fully saturated rings. The van der Waals surface area contributed by atoms with Crippen molar-refractivity contribution in [2.45, 2.75) is 32.7 Å². The summed E-state index contributed by atoms with van der Waals surface area (Å²) in [6, 6.07) is 4.04. The molecule has 0 aliphatic heterocycles. The van der Waals surface area contributed by atoms with Crippen LogP contribution in [0, 0.1) is 6.92 Å². The summed E-state index contributed by atoms with van der Waals surface area (Å²) in [6.45, 7) is 3.53. The summed E-state index contributed by atoms with van der Waals surface area (Å²) in [7, 11) is 1.88. The molecule has 1 aromatic rings. The van der Waals surface area contributed by atoms with E-state index < -0.39 is 0 Å². The summed E-state index contributed by atoms with van der Waals surface area (Å²) in [5.74, 6) is 2.03. The van der Waals surface area contributed by atoms with Gasteiger partial charge in [0, 0.05) is 6.42 Å². The molecule has 78 valence electrons. The van der Waals surface area contributed by atoms with Gasteiger partial charge in [-0.15, -0.1) is 0 Å². The van der Waals surface area contributed by atoms with Gasteiger partial charge in [0.1, 0.15) is 17.3 Å². The van der Waals surface area contributed by atoms with Gasteiger partial charge in [-0.05, 0) is 39.4 Å². The lowest BCUT2D eigenvalue weighted by molar-refractivity contribution is -0.117. The minimum atomic E-state index is 0.146. The van der Waals surface area contributed by atoms with Gasteiger partial charge >= 0.3 is 0 Å². The molecule has 0 spiro atoms. The van der Waals surface area contributed by atoms with Crippen LogP contribution in [0.15, 0.2) is 16.5 Å². The third kappa shape index (κ3) is 3.00. The zero-order chi connectivity index (χ0) is 10.6. The van der Waals surface area contributed by atoms with Crippen molar-refractivity contribution >= 4 is 5.78 Å². The molecule has 0 aliphatic rings. The number of rotatable bonds is 5. The largest absolute Gasteiger partial charge is 0.465 e. The highest BCUT2D eigenvalue weighted by Gasteiger charge is 2.13. The molecule has 1 heterocycles. The standard InChI is InChI=1S/C11H17NO2/c1-8(13)4-6-10(12-3)11-7-5-9(2)14-11/h5,7,10,12H,4,6H2,1-3H3. The number of hydrogen-bond donors (Lipinski definition) is 1.